The van der Waals surface area contributed by atoms with E-state index in [1.165, 1.54) is 0 Å². The number of hydrogen-bond acceptors (Lipinski definition) is 4. The van der Waals surface area contributed by atoms with Gasteiger partial charge in [-0.2, -0.15) is 0 Å². The first-order valence-corrected chi connectivity index (χ1v) is 11.5. The summed E-state index contributed by atoms with van der Waals surface area (Å²) in [5.74, 6) is 0.953. The maximum Gasteiger partial charge on any atom is 0.166 e. The predicted molar refractivity (Wildman–Crippen MR) is 90.7 cm³/mol. The number of benzene rings is 1. The van der Waals surface area contributed by atoms with Gasteiger partial charge in [-0.1, -0.05) is 0 Å². The van der Waals surface area contributed by atoms with E-state index in [1.807, 2.05) is 26.0 Å². The molecule has 6 heteroatoms. The first-order valence-electron chi connectivity index (χ1n) is 7.12. The lowest BCUT2D eigenvalue weighted by Crippen LogP contribution is -2.29. The molecule has 1 aromatic carbocycles. The third-order valence-corrected chi connectivity index (χ3v) is 5.55. The lowest BCUT2D eigenvalue weighted by atomic mass is 10.3. The van der Waals surface area contributed by atoms with E-state index in [0.29, 0.717) is 29.0 Å². The highest BCUT2D eigenvalue weighted by molar-refractivity contribution is 7.81. The van der Waals surface area contributed by atoms with Crippen LogP contribution in [0.4, 0.5) is 0 Å². The molecule has 0 aliphatic rings. The lowest BCUT2D eigenvalue weighted by molar-refractivity contribution is -0.0835. The Hall–Kier alpha value is -0.613. The summed E-state index contributed by atoms with van der Waals surface area (Å²) in [7, 11) is -0.844. The third kappa shape index (κ3) is 6.35. The third-order valence-electron chi connectivity index (χ3n) is 2.78. The molecule has 0 atom stereocenters. The minimum atomic E-state index is -1.27. The smallest absolute Gasteiger partial charge is 0.166 e. The Morgan fingerprint density at radius 2 is 1.76 bits per heavy atom. The van der Waals surface area contributed by atoms with Gasteiger partial charge in [0, 0.05) is 26.5 Å². The molecule has 0 amide bonds. The van der Waals surface area contributed by atoms with E-state index in [2.05, 4.69) is 20.0 Å². The van der Waals surface area contributed by atoms with Crippen LogP contribution in [0.25, 0.3) is 0 Å². The SMILES string of the molecule is CCOC(OCC)[Si]COc1ccc(O)cc1[P+](C)(C)C. The van der Waals surface area contributed by atoms with Gasteiger partial charge in [0.15, 0.2) is 15.3 Å². The molecule has 1 aromatic rings. The highest BCUT2D eigenvalue weighted by Crippen LogP contribution is 2.48. The number of aromatic hydroxyl groups is 1. The van der Waals surface area contributed by atoms with Crippen molar-refractivity contribution in [2.45, 2.75) is 19.8 Å². The molecule has 0 spiro atoms. The zero-order chi connectivity index (χ0) is 15.9. The maximum absolute atomic E-state index is 9.68. The number of phenols is 1. The summed E-state index contributed by atoms with van der Waals surface area (Å²) in [6.07, 6.45) is 0.558. The Morgan fingerprint density at radius 3 is 2.29 bits per heavy atom. The van der Waals surface area contributed by atoms with Gasteiger partial charge in [-0.25, -0.2) is 0 Å². The fourth-order valence-corrected chi connectivity index (χ4v) is 4.07. The molecule has 1 N–H and O–H groups in total. The molecule has 0 aromatic heterocycles. The van der Waals surface area contributed by atoms with E-state index in [0.717, 1.165) is 11.1 Å². The summed E-state index contributed by atoms with van der Waals surface area (Å²) in [4.78, 5) is 0. The van der Waals surface area contributed by atoms with Crippen LogP contribution in [-0.4, -0.2) is 60.0 Å². The van der Waals surface area contributed by atoms with Gasteiger partial charge in [-0.05, 0) is 26.0 Å². The molecule has 118 valence electrons. The van der Waals surface area contributed by atoms with Crippen molar-refractivity contribution in [1.82, 2.24) is 0 Å². The van der Waals surface area contributed by atoms with Gasteiger partial charge in [-0.15, -0.1) is 0 Å². The van der Waals surface area contributed by atoms with Crippen LogP contribution in [0, 0.1) is 0 Å². The molecule has 0 heterocycles. The highest BCUT2D eigenvalue weighted by atomic mass is 31.2. The largest absolute Gasteiger partial charge is 0.508 e. The molecular weight excluding hydrogens is 303 g/mol. The van der Waals surface area contributed by atoms with Gasteiger partial charge in [-0.3, -0.25) is 0 Å². The van der Waals surface area contributed by atoms with Crippen LogP contribution in [0.2, 0.25) is 0 Å². The maximum atomic E-state index is 9.68. The summed E-state index contributed by atoms with van der Waals surface area (Å²) in [6, 6.07) is 5.33. The molecular formula is C15H26O4PSi+. The zero-order valence-electron chi connectivity index (χ0n) is 13.5. The van der Waals surface area contributed by atoms with E-state index < -0.39 is 7.26 Å². The molecule has 0 fully saturated rings. The van der Waals surface area contributed by atoms with Gasteiger partial charge in [0.25, 0.3) is 0 Å². The van der Waals surface area contributed by atoms with Crippen molar-refractivity contribution in [1.29, 1.82) is 0 Å². The van der Waals surface area contributed by atoms with Gasteiger partial charge in [0.05, 0.1) is 26.2 Å². The molecule has 0 bridgehead atoms. The van der Waals surface area contributed by atoms with Crippen molar-refractivity contribution in [3.63, 3.8) is 0 Å². The fraction of sp³-hybridized carbons (Fsp3) is 0.600. The van der Waals surface area contributed by atoms with Crippen molar-refractivity contribution in [2.75, 3.05) is 39.4 Å². The van der Waals surface area contributed by atoms with Crippen molar-refractivity contribution in [3.05, 3.63) is 18.2 Å². The average Bonchev–Trinajstić information content (AvgIpc) is 2.39. The average molecular weight is 329 g/mol. The molecule has 0 aliphatic heterocycles. The number of ether oxygens (including phenoxy) is 3. The molecule has 21 heavy (non-hydrogen) atoms. The van der Waals surface area contributed by atoms with Crippen molar-refractivity contribution in [3.8, 4) is 11.5 Å². The van der Waals surface area contributed by atoms with Crippen LogP contribution in [-0.2, 0) is 9.47 Å². The van der Waals surface area contributed by atoms with Crippen LogP contribution in [0.5, 0.6) is 11.5 Å². The monoisotopic (exact) mass is 329 g/mol. The lowest BCUT2D eigenvalue weighted by Gasteiger charge is -2.19. The van der Waals surface area contributed by atoms with Crippen molar-refractivity contribution < 1.29 is 19.3 Å². The Kier molecular flexibility index (Phi) is 7.67. The highest BCUT2D eigenvalue weighted by Gasteiger charge is 2.27. The minimum absolute atomic E-state index is 0.190. The van der Waals surface area contributed by atoms with E-state index >= 15 is 0 Å². The molecule has 0 aliphatic carbocycles. The zero-order valence-corrected chi connectivity index (χ0v) is 15.4. The van der Waals surface area contributed by atoms with E-state index in [9.17, 15) is 5.11 Å². The Labute approximate surface area is 131 Å². The van der Waals surface area contributed by atoms with Crippen molar-refractivity contribution >= 4 is 22.1 Å². The predicted octanol–water partition coefficient (Wildman–Crippen LogP) is 2.32. The number of hydrogen-bond donors (Lipinski definition) is 1. The molecule has 4 nitrogen and oxygen atoms in total. The van der Waals surface area contributed by atoms with Crippen LogP contribution in [0.15, 0.2) is 18.2 Å². The van der Waals surface area contributed by atoms with E-state index in [-0.39, 0.29) is 11.7 Å². The van der Waals surface area contributed by atoms with Crippen LogP contribution < -0.4 is 10.0 Å². The van der Waals surface area contributed by atoms with Gasteiger partial charge in [0.2, 0.25) is 0 Å². The van der Waals surface area contributed by atoms with Gasteiger partial charge < -0.3 is 19.3 Å². The normalized spacial score (nSPS) is 11.9. The van der Waals surface area contributed by atoms with Gasteiger partial charge >= 0.3 is 0 Å². The molecule has 0 saturated heterocycles. The first kappa shape index (κ1) is 18.4. The Morgan fingerprint density at radius 1 is 1.14 bits per heavy atom. The summed E-state index contributed by atoms with van der Waals surface area (Å²) < 4.78 is 16.9. The summed E-state index contributed by atoms with van der Waals surface area (Å²) in [6.45, 7) is 11.8. The van der Waals surface area contributed by atoms with Gasteiger partial charge in [0.1, 0.15) is 17.0 Å². The first-order chi connectivity index (χ1) is 9.88. The molecule has 0 saturated carbocycles. The number of rotatable bonds is 9. The van der Waals surface area contributed by atoms with Crippen molar-refractivity contribution in [2.24, 2.45) is 0 Å². The number of phenolic OH excluding ortho intramolecular Hbond substituents is 1. The Bertz CT molecular complexity index is 428. The van der Waals surface area contributed by atoms with Crippen LogP contribution in [0.3, 0.4) is 0 Å². The second-order valence-corrected chi connectivity index (χ2v) is 11.1. The van der Waals surface area contributed by atoms with E-state index in [4.69, 9.17) is 14.2 Å². The van der Waals surface area contributed by atoms with E-state index in [1.54, 1.807) is 6.07 Å². The summed E-state index contributed by atoms with van der Waals surface area (Å²) in [5, 5.41) is 10.8. The Balaban J connectivity index is 2.66. The fourth-order valence-electron chi connectivity index (χ4n) is 1.81. The topological polar surface area (TPSA) is 47.9 Å². The van der Waals surface area contributed by atoms with Crippen LogP contribution in [0.1, 0.15) is 13.8 Å². The summed E-state index contributed by atoms with van der Waals surface area (Å²) >= 11 is 0. The standard InChI is InChI=1S/C15H25O4PSi/c1-6-17-15(18-7-2)21-11-19-13-9-8-12(16)10-14(13)20(3,4)5/h8-10,15H,6-7,11H2,1-5H3/p+1. The quantitative estimate of drug-likeness (QED) is 0.429. The molecule has 2 radical (unpaired) electrons. The molecule has 0 unspecified atom stereocenters. The summed E-state index contributed by atoms with van der Waals surface area (Å²) in [5.41, 5.74) is 0. The second-order valence-electron chi connectivity index (χ2n) is 5.40. The minimum Gasteiger partial charge on any atom is -0.508 e. The second kappa shape index (κ2) is 8.74. The van der Waals surface area contributed by atoms with Crippen LogP contribution >= 0.6 is 7.26 Å². The molecule has 1 rings (SSSR count).